The number of aliphatic imine (C=N–C) groups is 1. The highest BCUT2D eigenvalue weighted by molar-refractivity contribution is 6.06. The normalized spacial score (nSPS) is 19.8. The second-order valence-corrected chi connectivity index (χ2v) is 5.80. The number of nitrogens with two attached hydrogens (primary N) is 2. The van der Waals surface area contributed by atoms with Crippen LogP contribution in [0.4, 0.5) is 5.69 Å². The van der Waals surface area contributed by atoms with Gasteiger partial charge in [-0.25, -0.2) is 10.4 Å². The lowest BCUT2D eigenvalue weighted by Gasteiger charge is -2.19. The topological polar surface area (TPSA) is 123 Å². The van der Waals surface area contributed by atoms with Crippen LogP contribution in [0.2, 0.25) is 0 Å². The van der Waals surface area contributed by atoms with Gasteiger partial charge in [0.2, 0.25) is 11.8 Å². The molecule has 7 nitrogen and oxygen atoms in total. The molecule has 5 N–H and O–H groups in total. The van der Waals surface area contributed by atoms with Gasteiger partial charge >= 0.3 is 0 Å². The van der Waals surface area contributed by atoms with E-state index in [0.717, 1.165) is 16.8 Å². The van der Waals surface area contributed by atoms with E-state index in [9.17, 15) is 9.59 Å². The second-order valence-electron chi connectivity index (χ2n) is 5.80. The highest BCUT2D eigenvalue weighted by atomic mass is 16.2. The van der Waals surface area contributed by atoms with Gasteiger partial charge in [0, 0.05) is 12.3 Å². The molecule has 2 unspecified atom stereocenters. The van der Waals surface area contributed by atoms with Gasteiger partial charge in [-0.2, -0.15) is 5.10 Å². The molecule has 0 aliphatic carbocycles. The number of nitrogens with zero attached hydrogens (tertiary/aromatic N) is 2. The van der Waals surface area contributed by atoms with E-state index in [4.69, 9.17) is 11.5 Å². The lowest BCUT2D eigenvalue weighted by Crippen LogP contribution is -2.32. The maximum atomic E-state index is 11.3. The van der Waals surface area contributed by atoms with Crippen LogP contribution in [0.25, 0.3) is 0 Å². The Morgan fingerprint density at radius 2 is 2.13 bits per heavy atom. The third-order valence-corrected chi connectivity index (χ3v) is 3.87. The van der Waals surface area contributed by atoms with Gasteiger partial charge < -0.3 is 11.5 Å². The first-order chi connectivity index (χ1) is 10.8. The van der Waals surface area contributed by atoms with Crippen LogP contribution in [0.5, 0.6) is 0 Å². The number of benzene rings is 1. The second kappa shape index (κ2) is 6.60. The van der Waals surface area contributed by atoms with Crippen molar-refractivity contribution in [2.75, 3.05) is 0 Å². The first-order valence-electron chi connectivity index (χ1n) is 7.40. The van der Waals surface area contributed by atoms with Gasteiger partial charge in [0.1, 0.15) is 5.84 Å². The molecular formula is C16H21N5O2. The summed E-state index contributed by atoms with van der Waals surface area (Å²) in [6, 6.07) is 5.63. The molecule has 2 atom stereocenters. The van der Waals surface area contributed by atoms with E-state index < -0.39 is 11.8 Å². The summed E-state index contributed by atoms with van der Waals surface area (Å²) >= 11 is 0. The zero-order chi connectivity index (χ0) is 17.1. The molecule has 0 saturated carbocycles. The molecule has 0 radical (unpaired) electrons. The van der Waals surface area contributed by atoms with Crippen LogP contribution in [0.1, 0.15) is 31.4 Å². The number of amidine groups is 1. The van der Waals surface area contributed by atoms with E-state index in [-0.39, 0.29) is 17.7 Å². The molecule has 0 bridgehead atoms. The Morgan fingerprint density at radius 3 is 2.70 bits per heavy atom. The molecule has 1 aliphatic heterocycles. The third-order valence-electron chi connectivity index (χ3n) is 3.87. The Bertz CT molecular complexity index is 708. The van der Waals surface area contributed by atoms with Gasteiger partial charge in [-0.15, -0.1) is 0 Å². The number of carbonyl (C=O) groups excluding carboxylic acids is 2. The first kappa shape index (κ1) is 16.7. The standard InChI is InChI=1S/C16H21N5O2/c1-8-6-11(14-9(2)7-13(22)20-21-14)4-5-12(8)19-15(17)10(3)16(18)23/h4-6,9-10H,7H2,1-3H3,(H2,17,19)(H2,18,23)(H,20,22). The summed E-state index contributed by atoms with van der Waals surface area (Å²) in [5.41, 5.74) is 16.9. The van der Waals surface area contributed by atoms with E-state index in [2.05, 4.69) is 15.5 Å². The number of nitrogens with one attached hydrogen (secondary N) is 1. The van der Waals surface area contributed by atoms with Gasteiger partial charge in [-0.3, -0.25) is 9.59 Å². The third kappa shape index (κ3) is 3.74. The number of hydrogen-bond acceptors (Lipinski definition) is 4. The van der Waals surface area contributed by atoms with Crippen molar-refractivity contribution in [3.8, 4) is 0 Å². The molecule has 0 saturated heterocycles. The lowest BCUT2D eigenvalue weighted by molar-refractivity contribution is -0.122. The number of hydrogen-bond donors (Lipinski definition) is 3. The molecular weight excluding hydrogens is 294 g/mol. The van der Waals surface area contributed by atoms with Crippen LogP contribution >= 0.6 is 0 Å². The predicted molar refractivity (Wildman–Crippen MR) is 89.3 cm³/mol. The summed E-state index contributed by atoms with van der Waals surface area (Å²) < 4.78 is 0. The Labute approximate surface area is 134 Å². The van der Waals surface area contributed by atoms with E-state index in [1.165, 1.54) is 0 Å². The van der Waals surface area contributed by atoms with Gasteiger partial charge in [0.15, 0.2) is 0 Å². The summed E-state index contributed by atoms with van der Waals surface area (Å²) in [5, 5.41) is 4.14. The lowest BCUT2D eigenvalue weighted by atomic mass is 9.93. The van der Waals surface area contributed by atoms with Crippen LogP contribution < -0.4 is 16.9 Å². The summed E-state index contributed by atoms with van der Waals surface area (Å²) in [4.78, 5) is 26.8. The van der Waals surface area contributed by atoms with Crippen molar-refractivity contribution in [3.63, 3.8) is 0 Å². The van der Waals surface area contributed by atoms with Gasteiger partial charge in [0.05, 0.1) is 17.3 Å². The van der Waals surface area contributed by atoms with Crippen molar-refractivity contribution in [3.05, 3.63) is 29.3 Å². The number of aryl methyl sites for hydroxylation is 1. The fourth-order valence-electron chi connectivity index (χ4n) is 2.32. The van der Waals surface area contributed by atoms with E-state index in [0.29, 0.717) is 12.1 Å². The number of hydrazone groups is 1. The Morgan fingerprint density at radius 1 is 1.43 bits per heavy atom. The average Bonchev–Trinajstić information content (AvgIpc) is 2.48. The number of carbonyl (C=O) groups is 2. The minimum atomic E-state index is -0.618. The monoisotopic (exact) mass is 315 g/mol. The fraction of sp³-hybridized carbons (Fsp3) is 0.375. The van der Waals surface area contributed by atoms with Crippen LogP contribution in [0.15, 0.2) is 28.3 Å². The van der Waals surface area contributed by atoms with Crippen molar-refractivity contribution >= 4 is 29.0 Å². The van der Waals surface area contributed by atoms with Crippen molar-refractivity contribution in [2.45, 2.75) is 27.2 Å². The predicted octanol–water partition coefficient (Wildman–Crippen LogP) is 0.965. The summed E-state index contributed by atoms with van der Waals surface area (Å²) in [6.45, 7) is 5.48. The van der Waals surface area contributed by atoms with E-state index >= 15 is 0 Å². The highest BCUT2D eigenvalue weighted by Gasteiger charge is 2.22. The Hall–Kier alpha value is -2.70. The maximum Gasteiger partial charge on any atom is 0.240 e. The van der Waals surface area contributed by atoms with Crippen molar-refractivity contribution in [1.82, 2.24) is 5.43 Å². The first-order valence-corrected chi connectivity index (χ1v) is 7.40. The molecule has 2 rings (SSSR count). The van der Waals surface area contributed by atoms with Gasteiger partial charge in [0.25, 0.3) is 0 Å². The maximum absolute atomic E-state index is 11.3. The van der Waals surface area contributed by atoms with E-state index in [1.807, 2.05) is 32.0 Å². The molecule has 1 aromatic carbocycles. The smallest absolute Gasteiger partial charge is 0.240 e. The van der Waals surface area contributed by atoms with Gasteiger partial charge in [-0.1, -0.05) is 13.0 Å². The molecule has 1 heterocycles. The fourth-order valence-corrected chi connectivity index (χ4v) is 2.32. The molecule has 0 spiro atoms. The summed E-state index contributed by atoms with van der Waals surface area (Å²) in [7, 11) is 0. The van der Waals surface area contributed by atoms with Crippen LogP contribution in [-0.4, -0.2) is 23.4 Å². The van der Waals surface area contributed by atoms with Crippen molar-refractivity contribution in [1.29, 1.82) is 0 Å². The zero-order valence-corrected chi connectivity index (χ0v) is 13.5. The number of amides is 2. The molecule has 7 heteroatoms. The number of rotatable bonds is 4. The van der Waals surface area contributed by atoms with Crippen LogP contribution in [-0.2, 0) is 9.59 Å². The summed E-state index contributed by atoms with van der Waals surface area (Å²) in [5.74, 6) is -0.970. The Balaban J connectivity index is 2.30. The number of primary amides is 1. The van der Waals surface area contributed by atoms with Crippen molar-refractivity contribution in [2.24, 2.45) is 33.4 Å². The molecule has 0 fully saturated rings. The van der Waals surface area contributed by atoms with Gasteiger partial charge in [-0.05, 0) is 37.1 Å². The minimum Gasteiger partial charge on any atom is -0.386 e. The molecule has 1 aliphatic rings. The summed E-state index contributed by atoms with van der Waals surface area (Å²) in [6.07, 6.45) is 0.418. The molecule has 1 aromatic rings. The minimum absolute atomic E-state index is 0.0532. The van der Waals surface area contributed by atoms with Crippen LogP contribution in [0.3, 0.4) is 0 Å². The molecule has 2 amide bonds. The average molecular weight is 315 g/mol. The zero-order valence-electron chi connectivity index (χ0n) is 13.5. The molecule has 0 aromatic heterocycles. The van der Waals surface area contributed by atoms with Crippen LogP contribution in [0, 0.1) is 18.8 Å². The highest BCUT2D eigenvalue weighted by Crippen LogP contribution is 2.24. The molecule has 122 valence electrons. The largest absolute Gasteiger partial charge is 0.386 e. The molecule has 23 heavy (non-hydrogen) atoms. The quantitative estimate of drug-likeness (QED) is 0.566. The SMILES string of the molecule is Cc1cc(C2=NNC(=O)CC2C)ccc1N=C(N)C(C)C(N)=O. The van der Waals surface area contributed by atoms with Crippen molar-refractivity contribution < 1.29 is 9.59 Å². The van der Waals surface area contributed by atoms with E-state index in [1.54, 1.807) is 6.92 Å². The Kier molecular flexibility index (Phi) is 4.78.